The number of carbonyl (C=O) groups is 1. The van der Waals surface area contributed by atoms with E-state index in [0.717, 1.165) is 18.9 Å². The normalized spacial score (nSPS) is 16.1. The first-order valence-corrected chi connectivity index (χ1v) is 7.29. The van der Waals surface area contributed by atoms with Gasteiger partial charge in [0.2, 0.25) is 5.91 Å². The summed E-state index contributed by atoms with van der Waals surface area (Å²) in [5.41, 5.74) is 0. The summed E-state index contributed by atoms with van der Waals surface area (Å²) in [7, 11) is 1.67. The monoisotopic (exact) mass is 256 g/mol. The van der Waals surface area contributed by atoms with Gasteiger partial charge in [-0.1, -0.05) is 25.7 Å². The molecular formula is C14H28N2O2. The second kappa shape index (κ2) is 10.3. The third-order valence-corrected chi connectivity index (χ3v) is 3.57. The number of hydrogen-bond donors (Lipinski definition) is 2. The SMILES string of the molecule is COCCCNC(=O)CNCCCC1CCCC1. The first kappa shape index (κ1) is 15.4. The van der Waals surface area contributed by atoms with Crippen LogP contribution in [0, 0.1) is 5.92 Å². The predicted molar refractivity (Wildman–Crippen MR) is 73.6 cm³/mol. The van der Waals surface area contributed by atoms with E-state index in [2.05, 4.69) is 10.6 Å². The molecule has 0 aromatic heterocycles. The summed E-state index contributed by atoms with van der Waals surface area (Å²) < 4.78 is 4.92. The standard InChI is InChI=1S/C14H28N2O2/c1-18-11-5-10-16-14(17)12-15-9-4-8-13-6-2-3-7-13/h13,15H,2-12H2,1H3,(H,16,17). The number of rotatable bonds is 10. The van der Waals surface area contributed by atoms with Gasteiger partial charge in [0.15, 0.2) is 0 Å². The molecule has 0 radical (unpaired) electrons. The highest BCUT2D eigenvalue weighted by Crippen LogP contribution is 2.28. The zero-order valence-corrected chi connectivity index (χ0v) is 11.7. The molecule has 0 spiro atoms. The van der Waals surface area contributed by atoms with Crippen molar-refractivity contribution < 1.29 is 9.53 Å². The van der Waals surface area contributed by atoms with Crippen LogP contribution in [0.5, 0.6) is 0 Å². The van der Waals surface area contributed by atoms with E-state index < -0.39 is 0 Å². The van der Waals surface area contributed by atoms with Crippen LogP contribution < -0.4 is 10.6 Å². The van der Waals surface area contributed by atoms with Crippen molar-refractivity contribution in [3.05, 3.63) is 0 Å². The molecule has 1 fully saturated rings. The van der Waals surface area contributed by atoms with Crippen molar-refractivity contribution >= 4 is 5.91 Å². The topological polar surface area (TPSA) is 50.4 Å². The van der Waals surface area contributed by atoms with Gasteiger partial charge < -0.3 is 15.4 Å². The Morgan fingerprint density at radius 1 is 1.22 bits per heavy atom. The molecule has 0 saturated heterocycles. The highest BCUT2D eigenvalue weighted by atomic mass is 16.5. The number of methoxy groups -OCH3 is 1. The van der Waals surface area contributed by atoms with Crippen LogP contribution in [0.1, 0.15) is 44.9 Å². The van der Waals surface area contributed by atoms with Crippen molar-refractivity contribution in [2.75, 3.05) is 33.4 Å². The molecule has 0 aliphatic heterocycles. The maximum atomic E-state index is 11.4. The van der Waals surface area contributed by atoms with Crippen LogP contribution in [-0.2, 0) is 9.53 Å². The lowest BCUT2D eigenvalue weighted by Gasteiger charge is -2.09. The minimum Gasteiger partial charge on any atom is -0.385 e. The molecule has 1 rings (SSSR count). The van der Waals surface area contributed by atoms with E-state index in [1.807, 2.05) is 0 Å². The Morgan fingerprint density at radius 2 is 2.00 bits per heavy atom. The molecule has 1 amide bonds. The fourth-order valence-electron chi connectivity index (χ4n) is 2.52. The number of carbonyl (C=O) groups excluding carboxylic acids is 1. The van der Waals surface area contributed by atoms with E-state index in [0.29, 0.717) is 19.7 Å². The molecule has 0 heterocycles. The minimum absolute atomic E-state index is 0.0898. The second-order valence-corrected chi connectivity index (χ2v) is 5.17. The predicted octanol–water partition coefficient (Wildman–Crippen LogP) is 1.70. The first-order chi connectivity index (χ1) is 8.83. The Labute approximate surface area is 111 Å². The lowest BCUT2D eigenvalue weighted by atomic mass is 10.0. The van der Waals surface area contributed by atoms with E-state index in [1.54, 1.807) is 7.11 Å². The van der Waals surface area contributed by atoms with Gasteiger partial charge in [-0.15, -0.1) is 0 Å². The number of hydrogen-bond acceptors (Lipinski definition) is 3. The van der Waals surface area contributed by atoms with Gasteiger partial charge in [0.1, 0.15) is 0 Å². The first-order valence-electron chi connectivity index (χ1n) is 7.29. The zero-order valence-electron chi connectivity index (χ0n) is 11.7. The maximum Gasteiger partial charge on any atom is 0.233 e. The molecule has 0 unspecified atom stereocenters. The highest BCUT2D eigenvalue weighted by molar-refractivity contribution is 5.77. The third kappa shape index (κ3) is 7.67. The summed E-state index contributed by atoms with van der Waals surface area (Å²) in [6.45, 7) is 2.81. The second-order valence-electron chi connectivity index (χ2n) is 5.17. The minimum atomic E-state index is 0.0898. The molecule has 0 aromatic rings. The van der Waals surface area contributed by atoms with Crippen LogP contribution in [0.3, 0.4) is 0 Å². The lowest BCUT2D eigenvalue weighted by Crippen LogP contribution is -2.35. The molecule has 4 heteroatoms. The van der Waals surface area contributed by atoms with Crippen LogP contribution in [0.15, 0.2) is 0 Å². The molecule has 0 aromatic carbocycles. The number of ether oxygens (including phenoxy) is 1. The van der Waals surface area contributed by atoms with Crippen molar-refractivity contribution in [1.82, 2.24) is 10.6 Å². The Bertz CT molecular complexity index is 216. The van der Waals surface area contributed by atoms with Crippen LogP contribution in [-0.4, -0.2) is 39.3 Å². The van der Waals surface area contributed by atoms with Crippen molar-refractivity contribution in [3.8, 4) is 0 Å². The van der Waals surface area contributed by atoms with E-state index in [9.17, 15) is 4.79 Å². The van der Waals surface area contributed by atoms with E-state index in [1.165, 1.54) is 38.5 Å². The molecule has 0 bridgehead atoms. The average molecular weight is 256 g/mol. The summed E-state index contributed by atoms with van der Waals surface area (Å²) in [4.78, 5) is 11.4. The van der Waals surface area contributed by atoms with E-state index in [-0.39, 0.29) is 5.91 Å². The van der Waals surface area contributed by atoms with Gasteiger partial charge >= 0.3 is 0 Å². The summed E-state index contributed by atoms with van der Waals surface area (Å²) in [5, 5.41) is 6.07. The fourth-order valence-corrected chi connectivity index (χ4v) is 2.52. The molecule has 106 valence electrons. The highest BCUT2D eigenvalue weighted by Gasteiger charge is 2.13. The van der Waals surface area contributed by atoms with Crippen molar-refractivity contribution in [1.29, 1.82) is 0 Å². The third-order valence-electron chi connectivity index (χ3n) is 3.57. The van der Waals surface area contributed by atoms with Crippen LogP contribution in [0.25, 0.3) is 0 Å². The molecule has 1 aliphatic rings. The molecule has 1 aliphatic carbocycles. The van der Waals surface area contributed by atoms with Gasteiger partial charge in [0.25, 0.3) is 0 Å². The van der Waals surface area contributed by atoms with Crippen molar-refractivity contribution in [3.63, 3.8) is 0 Å². The van der Waals surface area contributed by atoms with Crippen molar-refractivity contribution in [2.24, 2.45) is 5.92 Å². The Kier molecular flexibility index (Phi) is 8.86. The quantitative estimate of drug-likeness (QED) is 0.585. The van der Waals surface area contributed by atoms with Gasteiger partial charge in [0, 0.05) is 20.3 Å². The van der Waals surface area contributed by atoms with Gasteiger partial charge in [-0.05, 0) is 31.7 Å². The smallest absolute Gasteiger partial charge is 0.233 e. The van der Waals surface area contributed by atoms with Crippen molar-refractivity contribution in [2.45, 2.75) is 44.9 Å². The largest absolute Gasteiger partial charge is 0.385 e. The Morgan fingerprint density at radius 3 is 2.72 bits per heavy atom. The van der Waals surface area contributed by atoms with Gasteiger partial charge in [-0.2, -0.15) is 0 Å². The fraction of sp³-hybridized carbons (Fsp3) is 0.929. The van der Waals surface area contributed by atoms with Gasteiger partial charge in [0.05, 0.1) is 6.54 Å². The van der Waals surface area contributed by atoms with E-state index in [4.69, 9.17) is 4.74 Å². The maximum absolute atomic E-state index is 11.4. The zero-order chi connectivity index (χ0) is 13.1. The number of nitrogens with one attached hydrogen (secondary N) is 2. The Balaban J connectivity index is 1.82. The summed E-state index contributed by atoms with van der Waals surface area (Å²) >= 11 is 0. The van der Waals surface area contributed by atoms with Crippen LogP contribution in [0.2, 0.25) is 0 Å². The van der Waals surface area contributed by atoms with Crippen LogP contribution in [0.4, 0.5) is 0 Å². The summed E-state index contributed by atoms with van der Waals surface area (Å²) in [6.07, 6.45) is 9.07. The van der Waals surface area contributed by atoms with Crippen LogP contribution >= 0.6 is 0 Å². The van der Waals surface area contributed by atoms with Gasteiger partial charge in [-0.25, -0.2) is 0 Å². The van der Waals surface area contributed by atoms with Gasteiger partial charge in [-0.3, -0.25) is 4.79 Å². The summed E-state index contributed by atoms with van der Waals surface area (Å²) in [5.74, 6) is 1.04. The molecule has 18 heavy (non-hydrogen) atoms. The average Bonchev–Trinajstić information content (AvgIpc) is 2.87. The Hall–Kier alpha value is -0.610. The van der Waals surface area contributed by atoms with E-state index >= 15 is 0 Å². The molecule has 4 nitrogen and oxygen atoms in total. The molecular weight excluding hydrogens is 228 g/mol. The molecule has 2 N–H and O–H groups in total. The number of amides is 1. The lowest BCUT2D eigenvalue weighted by molar-refractivity contribution is -0.120. The molecule has 1 saturated carbocycles. The summed E-state index contributed by atoms with van der Waals surface area (Å²) in [6, 6.07) is 0. The molecule has 0 atom stereocenters.